The molecule has 1 atom stereocenters. The number of ether oxygens (including phenoxy) is 5. The summed E-state index contributed by atoms with van der Waals surface area (Å²) in [6, 6.07) is 17.9. The van der Waals surface area contributed by atoms with Gasteiger partial charge in [0.15, 0.2) is 5.75 Å². The first-order chi connectivity index (χ1) is 22.3. The SMILES string of the molecule is COCCCc1cc(CN(C(=O)[C@@H](CN)Cc2ccc(OCCOc3c(Cl)cc(C)cc3Cl)cc2)C2CC2)cc(OCCOC)c1. The average molecular weight is 674 g/mol. The molecule has 0 aliphatic heterocycles. The van der Waals surface area contributed by atoms with Crippen LogP contribution in [0.25, 0.3) is 0 Å². The highest BCUT2D eigenvalue weighted by Crippen LogP contribution is 2.34. The van der Waals surface area contributed by atoms with Gasteiger partial charge in [-0.05, 0) is 97.7 Å². The quantitative estimate of drug-likeness (QED) is 0.134. The van der Waals surface area contributed by atoms with E-state index < -0.39 is 0 Å². The molecule has 46 heavy (non-hydrogen) atoms. The number of carbonyl (C=O) groups excluding carboxylic acids is 1. The van der Waals surface area contributed by atoms with E-state index in [1.165, 1.54) is 0 Å². The van der Waals surface area contributed by atoms with Gasteiger partial charge in [0.1, 0.15) is 31.3 Å². The van der Waals surface area contributed by atoms with Crippen molar-refractivity contribution in [3.8, 4) is 17.2 Å². The Hall–Kier alpha value is -3.01. The predicted octanol–water partition coefficient (Wildman–Crippen LogP) is 6.67. The lowest BCUT2D eigenvalue weighted by Gasteiger charge is -2.27. The van der Waals surface area contributed by atoms with E-state index in [1.54, 1.807) is 14.2 Å². The second-order valence-corrected chi connectivity index (χ2v) is 12.5. The number of methoxy groups -OCH3 is 2. The van der Waals surface area contributed by atoms with Crippen molar-refractivity contribution in [1.29, 1.82) is 0 Å². The maximum absolute atomic E-state index is 13.9. The number of aryl methyl sites for hydroxylation is 2. The van der Waals surface area contributed by atoms with E-state index in [-0.39, 0.29) is 24.4 Å². The molecule has 1 fully saturated rings. The third-order valence-electron chi connectivity index (χ3n) is 7.80. The van der Waals surface area contributed by atoms with Crippen LogP contribution in [0.1, 0.15) is 41.5 Å². The van der Waals surface area contributed by atoms with Crippen molar-refractivity contribution in [3.05, 3.63) is 86.9 Å². The van der Waals surface area contributed by atoms with Crippen molar-refractivity contribution in [1.82, 2.24) is 4.90 Å². The van der Waals surface area contributed by atoms with Gasteiger partial charge < -0.3 is 34.3 Å². The summed E-state index contributed by atoms with van der Waals surface area (Å²) in [6.07, 6.45) is 4.34. The number of nitrogens with zero attached hydrogens (tertiary/aromatic N) is 1. The lowest BCUT2D eigenvalue weighted by atomic mass is 9.97. The number of halogens is 2. The van der Waals surface area contributed by atoms with Crippen LogP contribution in [0.3, 0.4) is 0 Å². The Labute approximate surface area is 283 Å². The third kappa shape index (κ3) is 11.1. The van der Waals surface area contributed by atoms with E-state index in [9.17, 15) is 4.79 Å². The van der Waals surface area contributed by atoms with Crippen LogP contribution in [-0.4, -0.2) is 70.6 Å². The van der Waals surface area contributed by atoms with E-state index in [2.05, 4.69) is 12.1 Å². The minimum atomic E-state index is -0.327. The molecule has 0 saturated heterocycles. The van der Waals surface area contributed by atoms with Crippen molar-refractivity contribution in [2.75, 3.05) is 53.8 Å². The summed E-state index contributed by atoms with van der Waals surface area (Å²) in [5, 5.41) is 0.948. The van der Waals surface area contributed by atoms with Gasteiger partial charge in [0.2, 0.25) is 5.91 Å². The van der Waals surface area contributed by atoms with Gasteiger partial charge >= 0.3 is 0 Å². The number of carbonyl (C=O) groups is 1. The van der Waals surface area contributed by atoms with Crippen molar-refractivity contribution in [2.45, 2.75) is 51.6 Å². The molecule has 1 aliphatic rings. The Kier molecular flexibility index (Phi) is 14.3. The second kappa shape index (κ2) is 18.4. The maximum atomic E-state index is 13.9. The molecule has 8 nitrogen and oxygen atoms in total. The molecule has 3 aromatic carbocycles. The topological polar surface area (TPSA) is 92.5 Å². The van der Waals surface area contributed by atoms with E-state index in [1.807, 2.05) is 54.3 Å². The van der Waals surface area contributed by atoms with Gasteiger partial charge in [-0.2, -0.15) is 0 Å². The Bertz CT molecular complexity index is 1350. The Balaban J connectivity index is 1.35. The fourth-order valence-electron chi connectivity index (χ4n) is 5.32. The van der Waals surface area contributed by atoms with Gasteiger partial charge in [0.25, 0.3) is 0 Å². The first-order valence-electron chi connectivity index (χ1n) is 15.9. The highest BCUT2D eigenvalue weighted by Gasteiger charge is 2.35. The Morgan fingerprint density at radius 3 is 2.11 bits per heavy atom. The average Bonchev–Trinajstić information content (AvgIpc) is 3.88. The lowest BCUT2D eigenvalue weighted by molar-refractivity contribution is -0.136. The number of nitrogens with two attached hydrogens (primary N) is 1. The number of amides is 1. The summed E-state index contributed by atoms with van der Waals surface area (Å²) in [7, 11) is 3.37. The molecule has 0 bridgehead atoms. The first-order valence-corrected chi connectivity index (χ1v) is 16.6. The molecule has 0 unspecified atom stereocenters. The summed E-state index contributed by atoms with van der Waals surface area (Å²) < 4.78 is 28.0. The largest absolute Gasteiger partial charge is 0.491 e. The molecule has 3 aromatic rings. The zero-order chi connectivity index (χ0) is 32.9. The molecule has 0 aromatic heterocycles. The summed E-state index contributed by atoms with van der Waals surface area (Å²) in [5.74, 6) is 1.71. The molecule has 250 valence electrons. The summed E-state index contributed by atoms with van der Waals surface area (Å²) >= 11 is 12.5. The maximum Gasteiger partial charge on any atom is 0.227 e. The van der Waals surface area contributed by atoms with Crippen LogP contribution in [0.4, 0.5) is 0 Å². The molecule has 0 spiro atoms. The highest BCUT2D eigenvalue weighted by molar-refractivity contribution is 6.37. The van der Waals surface area contributed by atoms with E-state index in [0.717, 1.165) is 53.7 Å². The molecule has 1 saturated carbocycles. The van der Waals surface area contributed by atoms with Crippen molar-refractivity contribution >= 4 is 29.1 Å². The summed E-state index contributed by atoms with van der Waals surface area (Å²) in [6.45, 7) is 4.99. The Morgan fingerprint density at radius 2 is 1.46 bits per heavy atom. The number of benzene rings is 3. The normalized spacial score (nSPS) is 13.3. The summed E-state index contributed by atoms with van der Waals surface area (Å²) in [4.78, 5) is 15.9. The molecule has 0 radical (unpaired) electrons. The van der Waals surface area contributed by atoms with Gasteiger partial charge in [-0.25, -0.2) is 0 Å². The predicted molar refractivity (Wildman–Crippen MR) is 182 cm³/mol. The molecule has 2 N–H and O–H groups in total. The van der Waals surface area contributed by atoms with Crippen LogP contribution in [0.15, 0.2) is 54.6 Å². The van der Waals surface area contributed by atoms with Gasteiger partial charge in [-0.3, -0.25) is 4.79 Å². The van der Waals surface area contributed by atoms with Crippen molar-refractivity contribution in [3.63, 3.8) is 0 Å². The third-order valence-corrected chi connectivity index (χ3v) is 8.36. The molecule has 1 aliphatic carbocycles. The van der Waals surface area contributed by atoms with Gasteiger partial charge in [0.05, 0.1) is 22.6 Å². The van der Waals surface area contributed by atoms with Crippen LogP contribution >= 0.6 is 23.2 Å². The van der Waals surface area contributed by atoms with E-state index in [0.29, 0.717) is 67.5 Å². The first kappa shape index (κ1) is 35.8. The Morgan fingerprint density at radius 1 is 0.826 bits per heavy atom. The van der Waals surface area contributed by atoms with E-state index >= 15 is 0 Å². The number of rotatable bonds is 20. The molecule has 1 amide bonds. The highest BCUT2D eigenvalue weighted by atomic mass is 35.5. The fraction of sp³-hybridized carbons (Fsp3) is 0.472. The second-order valence-electron chi connectivity index (χ2n) is 11.7. The summed E-state index contributed by atoms with van der Waals surface area (Å²) in [5.41, 5.74) is 10.4. The van der Waals surface area contributed by atoms with Crippen LogP contribution in [0.5, 0.6) is 17.2 Å². The van der Waals surface area contributed by atoms with Crippen LogP contribution in [0.2, 0.25) is 10.0 Å². The van der Waals surface area contributed by atoms with Crippen LogP contribution in [-0.2, 0) is 33.7 Å². The smallest absolute Gasteiger partial charge is 0.227 e. The van der Waals surface area contributed by atoms with Crippen LogP contribution < -0.4 is 19.9 Å². The number of hydrogen-bond acceptors (Lipinski definition) is 7. The standard InChI is InChI=1S/C36H46Cl2N2O6/c1-25-17-33(37)35(34(38)18-25)46-16-15-44-31-10-6-26(7-11-31)20-29(23-39)36(41)40(30-8-9-30)24-28-19-27(5-4-12-42-2)21-32(22-28)45-14-13-43-3/h6-7,10-11,17-19,21-22,29-30H,4-5,8-9,12-16,20,23-24,39H2,1-3H3/t29-/m1/s1. The fourth-order valence-corrected chi connectivity index (χ4v) is 6.03. The van der Waals surface area contributed by atoms with Gasteiger partial charge in [-0.15, -0.1) is 0 Å². The minimum absolute atomic E-state index is 0.0857. The minimum Gasteiger partial charge on any atom is -0.491 e. The lowest BCUT2D eigenvalue weighted by Crippen LogP contribution is -2.41. The van der Waals surface area contributed by atoms with Gasteiger partial charge in [0, 0.05) is 40.0 Å². The molecular weight excluding hydrogens is 627 g/mol. The monoisotopic (exact) mass is 672 g/mol. The van der Waals surface area contributed by atoms with Crippen molar-refractivity contribution in [2.24, 2.45) is 11.7 Å². The van der Waals surface area contributed by atoms with Gasteiger partial charge in [-0.1, -0.05) is 41.4 Å². The van der Waals surface area contributed by atoms with E-state index in [4.69, 9.17) is 52.6 Å². The van der Waals surface area contributed by atoms with Crippen LogP contribution in [0, 0.1) is 12.8 Å². The zero-order valence-electron chi connectivity index (χ0n) is 27.1. The molecular formula is C36H46Cl2N2O6. The number of hydrogen-bond donors (Lipinski definition) is 1. The van der Waals surface area contributed by atoms with Crippen molar-refractivity contribution < 1.29 is 28.5 Å². The molecule has 0 heterocycles. The molecule has 4 rings (SSSR count). The zero-order valence-corrected chi connectivity index (χ0v) is 28.6. The molecule has 10 heteroatoms.